The van der Waals surface area contributed by atoms with E-state index in [1.165, 1.54) is 0 Å². The van der Waals surface area contributed by atoms with E-state index in [0.717, 1.165) is 17.0 Å². The van der Waals surface area contributed by atoms with Gasteiger partial charge in [0.25, 0.3) is 0 Å². The highest BCUT2D eigenvalue weighted by atomic mass is 16.5. The second-order valence-corrected chi connectivity index (χ2v) is 4.23. The van der Waals surface area contributed by atoms with Gasteiger partial charge in [0.05, 0.1) is 6.10 Å². The van der Waals surface area contributed by atoms with Crippen LogP contribution in [0.4, 0.5) is 5.69 Å². The highest BCUT2D eigenvalue weighted by Crippen LogP contribution is 2.22. The molecule has 4 nitrogen and oxygen atoms in total. The zero-order valence-electron chi connectivity index (χ0n) is 10.6. The van der Waals surface area contributed by atoms with Gasteiger partial charge in [-0.1, -0.05) is 0 Å². The molecule has 0 aliphatic carbocycles. The fraction of sp³-hybridized carbons (Fsp3) is 0.462. The maximum Gasteiger partial charge on any atom is 0.225 e. The Hall–Kier alpha value is -1.55. The minimum atomic E-state index is -0.0619. The lowest BCUT2D eigenvalue weighted by molar-refractivity contribution is -0.116. The summed E-state index contributed by atoms with van der Waals surface area (Å²) in [6, 6.07) is 5.62. The fourth-order valence-electron chi connectivity index (χ4n) is 1.47. The van der Waals surface area contributed by atoms with Gasteiger partial charge in [0.1, 0.15) is 5.75 Å². The SMILES string of the molecule is Cc1cc(OC(C)C)ccc1NC(=O)CCN. The van der Waals surface area contributed by atoms with Crippen molar-refractivity contribution in [1.82, 2.24) is 0 Å². The molecule has 0 aliphatic rings. The van der Waals surface area contributed by atoms with Crippen LogP contribution in [-0.2, 0) is 4.79 Å². The molecule has 0 unspecified atom stereocenters. The third-order valence-corrected chi connectivity index (χ3v) is 2.22. The molecule has 0 atom stereocenters. The van der Waals surface area contributed by atoms with Crippen LogP contribution in [-0.4, -0.2) is 18.6 Å². The third kappa shape index (κ3) is 4.44. The maximum atomic E-state index is 11.4. The van der Waals surface area contributed by atoms with E-state index in [4.69, 9.17) is 10.5 Å². The quantitative estimate of drug-likeness (QED) is 0.822. The van der Waals surface area contributed by atoms with Crippen molar-refractivity contribution >= 4 is 11.6 Å². The van der Waals surface area contributed by atoms with Crippen molar-refractivity contribution in [2.75, 3.05) is 11.9 Å². The second-order valence-electron chi connectivity index (χ2n) is 4.23. The summed E-state index contributed by atoms with van der Waals surface area (Å²) < 4.78 is 5.57. The van der Waals surface area contributed by atoms with E-state index in [-0.39, 0.29) is 12.0 Å². The molecule has 0 radical (unpaired) electrons. The van der Waals surface area contributed by atoms with Gasteiger partial charge in [-0.25, -0.2) is 0 Å². The molecule has 4 heteroatoms. The van der Waals surface area contributed by atoms with Gasteiger partial charge in [0, 0.05) is 18.7 Å². The number of nitrogens with two attached hydrogens (primary N) is 1. The van der Waals surface area contributed by atoms with Crippen LogP contribution in [0.2, 0.25) is 0 Å². The van der Waals surface area contributed by atoms with Crippen LogP contribution in [0.15, 0.2) is 18.2 Å². The number of nitrogens with one attached hydrogen (secondary N) is 1. The predicted molar refractivity (Wildman–Crippen MR) is 69.2 cm³/mol. The van der Waals surface area contributed by atoms with Crippen LogP contribution >= 0.6 is 0 Å². The number of anilines is 1. The van der Waals surface area contributed by atoms with Crippen molar-refractivity contribution in [3.63, 3.8) is 0 Å². The lowest BCUT2D eigenvalue weighted by Crippen LogP contribution is -2.16. The molecule has 1 aromatic rings. The van der Waals surface area contributed by atoms with Crippen molar-refractivity contribution in [2.24, 2.45) is 5.73 Å². The normalized spacial score (nSPS) is 10.4. The first-order chi connectivity index (χ1) is 8.02. The average molecular weight is 236 g/mol. The number of hydrogen-bond donors (Lipinski definition) is 2. The highest BCUT2D eigenvalue weighted by Gasteiger charge is 2.05. The Balaban J connectivity index is 2.72. The summed E-state index contributed by atoms with van der Waals surface area (Å²) in [7, 11) is 0. The highest BCUT2D eigenvalue weighted by molar-refractivity contribution is 5.91. The Morgan fingerprint density at radius 2 is 2.18 bits per heavy atom. The van der Waals surface area contributed by atoms with Crippen LogP contribution in [0, 0.1) is 6.92 Å². The number of carbonyl (C=O) groups excluding carboxylic acids is 1. The first-order valence-corrected chi connectivity index (χ1v) is 5.80. The first-order valence-electron chi connectivity index (χ1n) is 5.80. The van der Waals surface area contributed by atoms with Crippen LogP contribution < -0.4 is 15.8 Å². The van der Waals surface area contributed by atoms with Crippen LogP contribution in [0.25, 0.3) is 0 Å². The Labute approximate surface area is 102 Å². The summed E-state index contributed by atoms with van der Waals surface area (Å²) in [4.78, 5) is 11.4. The van der Waals surface area contributed by atoms with E-state index in [1.54, 1.807) is 0 Å². The van der Waals surface area contributed by atoms with E-state index < -0.39 is 0 Å². The summed E-state index contributed by atoms with van der Waals surface area (Å²) in [6.45, 7) is 6.25. The second kappa shape index (κ2) is 6.25. The monoisotopic (exact) mass is 236 g/mol. The van der Waals surface area contributed by atoms with E-state index >= 15 is 0 Å². The Morgan fingerprint density at radius 1 is 1.47 bits per heavy atom. The van der Waals surface area contributed by atoms with E-state index in [9.17, 15) is 4.79 Å². The summed E-state index contributed by atoms with van der Waals surface area (Å²) in [5, 5.41) is 2.82. The maximum absolute atomic E-state index is 11.4. The molecule has 0 saturated carbocycles. The molecule has 94 valence electrons. The molecule has 0 fully saturated rings. The molecule has 1 aromatic carbocycles. The average Bonchev–Trinajstić information content (AvgIpc) is 2.21. The molecular weight excluding hydrogens is 216 g/mol. The lowest BCUT2D eigenvalue weighted by Gasteiger charge is -2.13. The predicted octanol–water partition coefficient (Wildman–Crippen LogP) is 2.07. The number of carbonyl (C=O) groups is 1. The van der Waals surface area contributed by atoms with Crippen molar-refractivity contribution in [1.29, 1.82) is 0 Å². The minimum Gasteiger partial charge on any atom is -0.491 e. The zero-order chi connectivity index (χ0) is 12.8. The van der Waals surface area contributed by atoms with Gasteiger partial charge in [0.15, 0.2) is 0 Å². The molecule has 0 aromatic heterocycles. The third-order valence-electron chi connectivity index (χ3n) is 2.22. The van der Waals surface area contributed by atoms with Crippen molar-refractivity contribution in [2.45, 2.75) is 33.3 Å². The van der Waals surface area contributed by atoms with Crippen molar-refractivity contribution in [3.8, 4) is 5.75 Å². The Morgan fingerprint density at radius 3 is 2.71 bits per heavy atom. The topological polar surface area (TPSA) is 64.3 Å². The summed E-state index contributed by atoms with van der Waals surface area (Å²) in [5.41, 5.74) is 7.10. The van der Waals surface area contributed by atoms with Crippen molar-refractivity contribution < 1.29 is 9.53 Å². The standard InChI is InChI=1S/C13H20N2O2/c1-9(2)17-11-4-5-12(10(3)8-11)15-13(16)6-7-14/h4-5,8-9H,6-7,14H2,1-3H3,(H,15,16). The molecule has 1 amide bonds. The fourth-order valence-corrected chi connectivity index (χ4v) is 1.47. The van der Waals surface area contributed by atoms with Gasteiger partial charge < -0.3 is 15.8 Å². The van der Waals surface area contributed by atoms with E-state index in [2.05, 4.69) is 5.32 Å². The lowest BCUT2D eigenvalue weighted by atomic mass is 10.2. The molecule has 1 rings (SSSR count). The molecular formula is C13H20N2O2. The molecule has 0 bridgehead atoms. The van der Waals surface area contributed by atoms with Gasteiger partial charge in [0.2, 0.25) is 5.91 Å². The smallest absolute Gasteiger partial charge is 0.225 e. The summed E-state index contributed by atoms with van der Waals surface area (Å²) in [6.07, 6.45) is 0.482. The summed E-state index contributed by atoms with van der Waals surface area (Å²) in [5.74, 6) is 0.752. The number of rotatable bonds is 5. The van der Waals surface area contributed by atoms with Gasteiger partial charge in [-0.15, -0.1) is 0 Å². The number of benzene rings is 1. The van der Waals surface area contributed by atoms with Gasteiger partial charge in [-0.3, -0.25) is 4.79 Å². The first kappa shape index (κ1) is 13.5. The van der Waals surface area contributed by atoms with Crippen molar-refractivity contribution in [3.05, 3.63) is 23.8 Å². The molecule has 3 N–H and O–H groups in total. The molecule has 0 spiro atoms. The number of amides is 1. The Bertz CT molecular complexity index is 389. The Kier molecular flexibility index (Phi) is 4.97. The number of hydrogen-bond acceptors (Lipinski definition) is 3. The van der Waals surface area contributed by atoms with Crippen LogP contribution in [0.1, 0.15) is 25.8 Å². The number of ether oxygens (including phenoxy) is 1. The molecule has 0 heterocycles. The number of aryl methyl sites for hydroxylation is 1. The van der Waals surface area contributed by atoms with Gasteiger partial charge >= 0.3 is 0 Å². The summed E-state index contributed by atoms with van der Waals surface area (Å²) >= 11 is 0. The van der Waals surface area contributed by atoms with Gasteiger partial charge in [-0.2, -0.15) is 0 Å². The van der Waals surface area contributed by atoms with E-state index in [1.807, 2.05) is 39.0 Å². The van der Waals surface area contributed by atoms with Crippen LogP contribution in [0.5, 0.6) is 5.75 Å². The van der Waals surface area contributed by atoms with Crippen LogP contribution in [0.3, 0.4) is 0 Å². The molecule has 0 aliphatic heterocycles. The zero-order valence-corrected chi connectivity index (χ0v) is 10.6. The largest absolute Gasteiger partial charge is 0.491 e. The molecule has 17 heavy (non-hydrogen) atoms. The van der Waals surface area contributed by atoms with E-state index in [0.29, 0.717) is 13.0 Å². The minimum absolute atomic E-state index is 0.0619. The van der Waals surface area contributed by atoms with Gasteiger partial charge in [-0.05, 0) is 44.5 Å². The molecule has 0 saturated heterocycles.